The zero-order valence-corrected chi connectivity index (χ0v) is 11.3. The van der Waals surface area contributed by atoms with E-state index >= 15 is 0 Å². The highest BCUT2D eigenvalue weighted by Gasteiger charge is 2.46. The van der Waals surface area contributed by atoms with Crippen molar-refractivity contribution in [3.8, 4) is 5.75 Å². The van der Waals surface area contributed by atoms with Crippen LogP contribution in [-0.2, 0) is 5.54 Å². The van der Waals surface area contributed by atoms with Gasteiger partial charge < -0.3 is 15.0 Å². The number of methoxy groups -OCH3 is 1. The number of likely N-dealkylation sites (tertiary alicyclic amines) is 1. The molecule has 2 aliphatic rings. The maximum Gasteiger partial charge on any atom is 0.318 e. The predicted octanol–water partition coefficient (Wildman–Crippen LogP) is 2.49. The number of ether oxygens (including phenoxy) is 1. The summed E-state index contributed by atoms with van der Waals surface area (Å²) in [6, 6.07) is 8.10. The molecule has 1 aliphatic carbocycles. The van der Waals surface area contributed by atoms with Crippen LogP contribution in [0, 0.1) is 0 Å². The van der Waals surface area contributed by atoms with E-state index < -0.39 is 0 Å². The van der Waals surface area contributed by atoms with Crippen molar-refractivity contribution in [3.63, 3.8) is 0 Å². The third kappa shape index (κ3) is 2.39. The summed E-state index contributed by atoms with van der Waals surface area (Å²) >= 11 is 0. The van der Waals surface area contributed by atoms with E-state index in [9.17, 15) is 4.79 Å². The molecule has 1 aliphatic heterocycles. The molecule has 1 aromatic rings. The molecule has 0 radical (unpaired) electrons. The van der Waals surface area contributed by atoms with Crippen molar-refractivity contribution >= 4 is 6.03 Å². The van der Waals surface area contributed by atoms with Crippen LogP contribution in [-0.4, -0.2) is 31.1 Å². The molecular weight excluding hydrogens is 240 g/mol. The number of amides is 2. The van der Waals surface area contributed by atoms with E-state index in [1.54, 1.807) is 7.11 Å². The van der Waals surface area contributed by atoms with Gasteiger partial charge in [-0.15, -0.1) is 0 Å². The van der Waals surface area contributed by atoms with Crippen molar-refractivity contribution in [3.05, 3.63) is 29.8 Å². The molecule has 0 atom stereocenters. The van der Waals surface area contributed by atoms with Gasteiger partial charge >= 0.3 is 6.03 Å². The second kappa shape index (κ2) is 4.76. The van der Waals surface area contributed by atoms with Gasteiger partial charge in [-0.3, -0.25) is 0 Å². The molecule has 4 nitrogen and oxygen atoms in total. The maximum atomic E-state index is 12.2. The van der Waals surface area contributed by atoms with Gasteiger partial charge in [0.1, 0.15) is 5.75 Å². The van der Waals surface area contributed by atoms with Gasteiger partial charge in [0.15, 0.2) is 0 Å². The summed E-state index contributed by atoms with van der Waals surface area (Å²) in [6.45, 7) is 1.79. The van der Waals surface area contributed by atoms with Crippen LogP contribution in [0.15, 0.2) is 24.3 Å². The van der Waals surface area contributed by atoms with Crippen molar-refractivity contribution in [1.82, 2.24) is 10.2 Å². The van der Waals surface area contributed by atoms with Crippen LogP contribution >= 0.6 is 0 Å². The lowest BCUT2D eigenvalue weighted by atomic mass is 10.1. The molecule has 2 fully saturated rings. The summed E-state index contributed by atoms with van der Waals surface area (Å²) in [5.41, 5.74) is 1.05. The van der Waals surface area contributed by atoms with Crippen LogP contribution in [0.1, 0.15) is 31.2 Å². The fraction of sp³-hybridized carbons (Fsp3) is 0.533. The molecule has 1 saturated heterocycles. The highest BCUT2D eigenvalue weighted by atomic mass is 16.5. The number of carbonyl (C=O) groups excluding carboxylic acids is 1. The van der Waals surface area contributed by atoms with Crippen molar-refractivity contribution in [2.75, 3.05) is 20.2 Å². The molecule has 19 heavy (non-hydrogen) atoms. The Labute approximate surface area is 113 Å². The van der Waals surface area contributed by atoms with Crippen molar-refractivity contribution in [2.24, 2.45) is 0 Å². The molecule has 1 saturated carbocycles. The topological polar surface area (TPSA) is 41.6 Å². The summed E-state index contributed by atoms with van der Waals surface area (Å²) in [5, 5.41) is 3.21. The number of rotatable bonds is 3. The summed E-state index contributed by atoms with van der Waals surface area (Å²) in [6.07, 6.45) is 4.31. The lowest BCUT2D eigenvalue weighted by molar-refractivity contribution is 0.203. The van der Waals surface area contributed by atoms with Gasteiger partial charge in [0, 0.05) is 13.1 Å². The fourth-order valence-electron chi connectivity index (χ4n) is 2.72. The average molecular weight is 260 g/mol. The molecule has 0 spiro atoms. The van der Waals surface area contributed by atoms with Gasteiger partial charge in [0.2, 0.25) is 0 Å². The van der Waals surface area contributed by atoms with Gasteiger partial charge in [-0.05, 0) is 43.4 Å². The first-order chi connectivity index (χ1) is 9.23. The highest BCUT2D eigenvalue weighted by molar-refractivity contribution is 5.76. The Morgan fingerprint density at radius 3 is 2.37 bits per heavy atom. The molecular formula is C15H20N2O2. The van der Waals surface area contributed by atoms with Crippen molar-refractivity contribution < 1.29 is 9.53 Å². The Kier molecular flexibility index (Phi) is 3.09. The monoisotopic (exact) mass is 260 g/mol. The van der Waals surface area contributed by atoms with Crippen LogP contribution < -0.4 is 10.1 Å². The Bertz CT molecular complexity index is 460. The first-order valence-corrected chi connectivity index (χ1v) is 6.95. The van der Waals surface area contributed by atoms with Gasteiger partial charge in [0.25, 0.3) is 0 Å². The SMILES string of the molecule is COc1ccc(C2(NC(=O)N3CCCC3)CC2)cc1. The zero-order valence-electron chi connectivity index (χ0n) is 11.3. The highest BCUT2D eigenvalue weighted by Crippen LogP contribution is 2.46. The quantitative estimate of drug-likeness (QED) is 0.907. The molecule has 4 heteroatoms. The number of nitrogens with zero attached hydrogens (tertiary/aromatic N) is 1. The Morgan fingerprint density at radius 2 is 1.84 bits per heavy atom. The van der Waals surface area contributed by atoms with Crippen LogP contribution in [0.2, 0.25) is 0 Å². The average Bonchev–Trinajstić information content (AvgIpc) is 3.02. The fourth-order valence-corrected chi connectivity index (χ4v) is 2.72. The minimum atomic E-state index is -0.133. The third-order valence-electron chi connectivity index (χ3n) is 4.13. The smallest absolute Gasteiger partial charge is 0.318 e. The second-order valence-corrected chi connectivity index (χ2v) is 5.43. The summed E-state index contributed by atoms with van der Waals surface area (Å²) < 4.78 is 5.17. The number of hydrogen-bond donors (Lipinski definition) is 1. The van der Waals surface area contributed by atoms with Crippen LogP contribution in [0.4, 0.5) is 4.79 Å². The molecule has 2 amide bonds. The Hall–Kier alpha value is -1.71. The maximum absolute atomic E-state index is 12.2. The molecule has 0 aromatic heterocycles. The van der Waals surface area contributed by atoms with E-state index in [2.05, 4.69) is 17.4 Å². The molecule has 1 aromatic carbocycles. The van der Waals surface area contributed by atoms with E-state index in [0.717, 1.165) is 44.5 Å². The largest absolute Gasteiger partial charge is 0.497 e. The Balaban J connectivity index is 1.70. The lowest BCUT2D eigenvalue weighted by Crippen LogP contribution is -2.43. The van der Waals surface area contributed by atoms with Crippen LogP contribution in [0.25, 0.3) is 0 Å². The third-order valence-corrected chi connectivity index (χ3v) is 4.13. The van der Waals surface area contributed by atoms with Crippen molar-refractivity contribution in [1.29, 1.82) is 0 Å². The van der Waals surface area contributed by atoms with E-state index in [0.29, 0.717) is 0 Å². The van der Waals surface area contributed by atoms with Gasteiger partial charge in [-0.1, -0.05) is 12.1 Å². The number of carbonyl (C=O) groups is 1. The summed E-state index contributed by atoms with van der Waals surface area (Å²) in [4.78, 5) is 14.1. The molecule has 102 valence electrons. The number of nitrogens with one attached hydrogen (secondary N) is 1. The van der Waals surface area contributed by atoms with E-state index in [-0.39, 0.29) is 11.6 Å². The van der Waals surface area contributed by atoms with E-state index in [1.165, 1.54) is 5.56 Å². The second-order valence-electron chi connectivity index (χ2n) is 5.43. The van der Waals surface area contributed by atoms with Crippen LogP contribution in [0.5, 0.6) is 5.75 Å². The summed E-state index contributed by atoms with van der Waals surface area (Å²) in [7, 11) is 1.66. The Morgan fingerprint density at radius 1 is 1.21 bits per heavy atom. The minimum absolute atomic E-state index is 0.0887. The molecule has 1 heterocycles. The van der Waals surface area contributed by atoms with E-state index in [4.69, 9.17) is 4.74 Å². The first-order valence-electron chi connectivity index (χ1n) is 6.95. The minimum Gasteiger partial charge on any atom is -0.497 e. The first kappa shape index (κ1) is 12.3. The number of urea groups is 1. The van der Waals surface area contributed by atoms with Gasteiger partial charge in [-0.2, -0.15) is 0 Å². The normalized spacial score (nSPS) is 20.2. The number of hydrogen-bond acceptors (Lipinski definition) is 2. The predicted molar refractivity (Wildman–Crippen MR) is 73.2 cm³/mol. The molecule has 0 bridgehead atoms. The van der Waals surface area contributed by atoms with Gasteiger partial charge in [0.05, 0.1) is 12.6 Å². The molecule has 1 N–H and O–H groups in total. The van der Waals surface area contributed by atoms with E-state index in [1.807, 2.05) is 17.0 Å². The van der Waals surface area contributed by atoms with Crippen LogP contribution in [0.3, 0.4) is 0 Å². The molecule has 0 unspecified atom stereocenters. The number of benzene rings is 1. The molecule has 3 rings (SSSR count). The lowest BCUT2D eigenvalue weighted by Gasteiger charge is -2.23. The zero-order chi connectivity index (χ0) is 13.3. The summed E-state index contributed by atoms with van der Waals surface area (Å²) in [5.74, 6) is 0.852. The van der Waals surface area contributed by atoms with Crippen molar-refractivity contribution in [2.45, 2.75) is 31.2 Å². The van der Waals surface area contributed by atoms with Gasteiger partial charge in [-0.25, -0.2) is 4.79 Å². The standard InChI is InChI=1S/C15H20N2O2/c1-19-13-6-4-12(5-7-13)15(8-9-15)16-14(18)17-10-2-3-11-17/h4-7H,2-3,8-11H2,1H3,(H,16,18).